The van der Waals surface area contributed by atoms with Crippen molar-refractivity contribution in [3.8, 4) is 6.07 Å². The molecule has 1 rings (SSSR count). The normalized spacial score (nSPS) is 12.1. The molecule has 0 unspecified atom stereocenters. The van der Waals surface area contributed by atoms with Crippen molar-refractivity contribution < 1.29 is 16.8 Å². The Morgan fingerprint density at radius 1 is 1.22 bits per heavy atom. The molecular weight excluding hydrogens is 300 g/mol. The maximum atomic E-state index is 11.9. The summed E-state index contributed by atoms with van der Waals surface area (Å²) in [4.78, 5) is -0.291. The van der Waals surface area contributed by atoms with Gasteiger partial charge in [-0.05, 0) is 18.2 Å². The fourth-order valence-electron chi connectivity index (χ4n) is 1.18. The van der Waals surface area contributed by atoms with E-state index in [4.69, 9.17) is 22.0 Å². The topological polar surface area (TPSA) is 118 Å². The second-order valence-corrected chi connectivity index (χ2v) is 7.69. The predicted molar refractivity (Wildman–Crippen MR) is 66.2 cm³/mol. The molecule has 0 atom stereocenters. The number of nitrogens with two attached hydrogens (primary N) is 1. The molecule has 9 heteroatoms. The molecule has 6 nitrogen and oxygen atoms in total. The van der Waals surface area contributed by atoms with Gasteiger partial charge in [0, 0.05) is 5.02 Å². The third-order valence-corrected chi connectivity index (χ3v) is 5.05. The summed E-state index contributed by atoms with van der Waals surface area (Å²) in [5.74, 6) is -1.41. The summed E-state index contributed by atoms with van der Waals surface area (Å²) in [5.41, 5.74) is -0.0891. The van der Waals surface area contributed by atoms with Crippen LogP contribution in [0.4, 0.5) is 0 Å². The molecule has 2 N–H and O–H groups in total. The van der Waals surface area contributed by atoms with Crippen molar-refractivity contribution in [2.45, 2.75) is 4.90 Å². The molecule has 18 heavy (non-hydrogen) atoms. The first-order chi connectivity index (χ1) is 8.15. The molecule has 0 heterocycles. The maximum Gasteiger partial charge on any atom is 0.210 e. The van der Waals surface area contributed by atoms with E-state index in [0.29, 0.717) is 0 Å². The van der Waals surface area contributed by atoms with Gasteiger partial charge in [-0.15, -0.1) is 0 Å². The van der Waals surface area contributed by atoms with Crippen molar-refractivity contribution in [1.82, 2.24) is 0 Å². The molecule has 98 valence electrons. The van der Waals surface area contributed by atoms with Crippen LogP contribution in [0.5, 0.6) is 0 Å². The van der Waals surface area contributed by atoms with Crippen LogP contribution in [-0.4, -0.2) is 28.3 Å². The van der Waals surface area contributed by atoms with E-state index in [9.17, 15) is 16.8 Å². The lowest BCUT2D eigenvalue weighted by Gasteiger charge is -2.06. The van der Waals surface area contributed by atoms with Crippen LogP contribution in [0, 0.1) is 11.3 Å². The van der Waals surface area contributed by atoms with Gasteiger partial charge in [0.05, 0.1) is 22.0 Å². The highest BCUT2D eigenvalue weighted by atomic mass is 35.5. The number of sulfone groups is 1. The summed E-state index contributed by atoms with van der Waals surface area (Å²) in [5, 5.41) is 13.7. The zero-order valence-electron chi connectivity index (χ0n) is 9.00. The lowest BCUT2D eigenvalue weighted by atomic mass is 10.2. The molecule has 0 spiro atoms. The van der Waals surface area contributed by atoms with Crippen LogP contribution in [0.1, 0.15) is 5.56 Å². The molecule has 0 bridgehead atoms. The number of primary sulfonamides is 1. The van der Waals surface area contributed by atoms with Crippen LogP contribution in [0.3, 0.4) is 0 Å². The highest BCUT2D eigenvalue weighted by Crippen LogP contribution is 2.21. The van der Waals surface area contributed by atoms with Crippen LogP contribution >= 0.6 is 11.6 Å². The Labute approximate surface area is 110 Å². The number of nitriles is 1. The first-order valence-electron chi connectivity index (χ1n) is 4.58. The maximum absolute atomic E-state index is 11.9. The lowest BCUT2D eigenvalue weighted by molar-refractivity contribution is 0.588. The molecule has 0 aromatic heterocycles. The predicted octanol–water partition coefficient (Wildman–Crippen LogP) is 0.274. The average molecular weight is 309 g/mol. The van der Waals surface area contributed by atoms with Gasteiger partial charge in [-0.25, -0.2) is 22.0 Å². The second kappa shape index (κ2) is 5.24. The van der Waals surface area contributed by atoms with E-state index >= 15 is 0 Å². The molecule has 0 saturated heterocycles. The molecule has 0 radical (unpaired) electrons. The molecule has 0 aliphatic carbocycles. The first-order valence-corrected chi connectivity index (χ1v) is 8.33. The fourth-order valence-corrected chi connectivity index (χ4v) is 4.20. The van der Waals surface area contributed by atoms with Crippen molar-refractivity contribution in [2.75, 3.05) is 11.5 Å². The standard InChI is InChI=1S/C9H9ClN2O4S2/c10-8-2-1-7(6-11)9(5-8)17(13,14)3-4-18(12,15)16/h1-2,5H,3-4H2,(H2,12,15,16). The molecule has 0 saturated carbocycles. The lowest BCUT2D eigenvalue weighted by Crippen LogP contribution is -2.23. The minimum absolute atomic E-state index is 0.0891. The summed E-state index contributed by atoms with van der Waals surface area (Å²) in [6.07, 6.45) is 0. The average Bonchev–Trinajstić information content (AvgIpc) is 2.26. The molecule has 0 aliphatic heterocycles. The van der Waals surface area contributed by atoms with Crippen LogP contribution in [0.2, 0.25) is 5.02 Å². The third-order valence-electron chi connectivity index (χ3n) is 2.04. The Kier molecular flexibility index (Phi) is 4.34. The van der Waals surface area contributed by atoms with Crippen molar-refractivity contribution in [2.24, 2.45) is 5.14 Å². The molecule has 1 aromatic carbocycles. The van der Waals surface area contributed by atoms with Crippen molar-refractivity contribution in [3.05, 3.63) is 28.8 Å². The molecule has 1 aromatic rings. The van der Waals surface area contributed by atoms with E-state index in [1.165, 1.54) is 12.1 Å². The fraction of sp³-hybridized carbons (Fsp3) is 0.222. The van der Waals surface area contributed by atoms with Gasteiger partial charge in [0.15, 0.2) is 9.84 Å². The van der Waals surface area contributed by atoms with Crippen molar-refractivity contribution in [3.63, 3.8) is 0 Å². The highest BCUT2D eigenvalue weighted by molar-refractivity contribution is 7.94. The molecular formula is C9H9ClN2O4S2. The van der Waals surface area contributed by atoms with Crippen LogP contribution < -0.4 is 5.14 Å². The molecule has 0 aliphatic rings. The van der Waals surface area contributed by atoms with E-state index in [-0.39, 0.29) is 15.5 Å². The largest absolute Gasteiger partial charge is 0.229 e. The number of benzene rings is 1. The quantitative estimate of drug-likeness (QED) is 0.856. The van der Waals surface area contributed by atoms with E-state index in [1.807, 2.05) is 0 Å². The Morgan fingerprint density at radius 3 is 2.33 bits per heavy atom. The second-order valence-electron chi connectivity index (χ2n) is 3.44. The summed E-state index contributed by atoms with van der Waals surface area (Å²) >= 11 is 5.65. The number of rotatable bonds is 4. The zero-order valence-corrected chi connectivity index (χ0v) is 11.4. The monoisotopic (exact) mass is 308 g/mol. The van der Waals surface area contributed by atoms with Crippen molar-refractivity contribution >= 4 is 31.5 Å². The van der Waals surface area contributed by atoms with Gasteiger partial charge >= 0.3 is 0 Å². The number of halogens is 1. The van der Waals surface area contributed by atoms with E-state index in [2.05, 4.69) is 0 Å². The summed E-state index contributed by atoms with van der Waals surface area (Å²) in [7, 11) is -7.81. The summed E-state index contributed by atoms with van der Waals surface area (Å²) in [6, 6.07) is 5.45. The first kappa shape index (κ1) is 14.9. The van der Waals surface area contributed by atoms with E-state index in [0.717, 1.165) is 6.07 Å². The van der Waals surface area contributed by atoms with Crippen LogP contribution in [0.25, 0.3) is 0 Å². The molecule has 0 amide bonds. The Balaban J connectivity index is 3.21. The Hall–Kier alpha value is -1.14. The number of hydrogen-bond acceptors (Lipinski definition) is 5. The van der Waals surface area contributed by atoms with Gasteiger partial charge in [-0.3, -0.25) is 0 Å². The Bertz CT molecular complexity index is 705. The minimum atomic E-state index is -3.92. The van der Waals surface area contributed by atoms with Gasteiger partial charge in [-0.2, -0.15) is 5.26 Å². The van der Waals surface area contributed by atoms with E-state index < -0.39 is 31.4 Å². The van der Waals surface area contributed by atoms with Crippen molar-refractivity contribution in [1.29, 1.82) is 5.26 Å². The van der Waals surface area contributed by atoms with Gasteiger partial charge in [0.2, 0.25) is 10.0 Å². The Morgan fingerprint density at radius 2 is 1.83 bits per heavy atom. The van der Waals surface area contributed by atoms with Gasteiger partial charge in [0.25, 0.3) is 0 Å². The SMILES string of the molecule is N#Cc1ccc(Cl)cc1S(=O)(=O)CCS(N)(=O)=O. The summed E-state index contributed by atoms with van der Waals surface area (Å²) in [6.45, 7) is 0. The highest BCUT2D eigenvalue weighted by Gasteiger charge is 2.21. The minimum Gasteiger partial charge on any atom is -0.229 e. The third kappa shape index (κ3) is 3.96. The number of hydrogen-bond donors (Lipinski definition) is 1. The smallest absolute Gasteiger partial charge is 0.210 e. The van der Waals surface area contributed by atoms with Gasteiger partial charge in [0.1, 0.15) is 6.07 Å². The van der Waals surface area contributed by atoms with Crippen LogP contribution in [-0.2, 0) is 19.9 Å². The van der Waals surface area contributed by atoms with Crippen LogP contribution in [0.15, 0.2) is 23.1 Å². The number of nitrogens with zero attached hydrogens (tertiary/aromatic N) is 1. The van der Waals surface area contributed by atoms with Gasteiger partial charge < -0.3 is 0 Å². The van der Waals surface area contributed by atoms with Gasteiger partial charge in [-0.1, -0.05) is 11.6 Å². The van der Waals surface area contributed by atoms with E-state index in [1.54, 1.807) is 6.07 Å². The zero-order chi connectivity index (χ0) is 14.0. The number of sulfonamides is 1. The molecule has 0 fully saturated rings. The summed E-state index contributed by atoms with van der Waals surface area (Å²) < 4.78 is 45.3.